The predicted molar refractivity (Wildman–Crippen MR) is 106 cm³/mol. The highest BCUT2D eigenvalue weighted by Gasteiger charge is 2.28. The third-order valence-corrected chi connectivity index (χ3v) is 6.07. The van der Waals surface area contributed by atoms with Crippen LogP contribution in [0.2, 0.25) is 5.02 Å². The van der Waals surface area contributed by atoms with Crippen molar-refractivity contribution in [3.8, 4) is 0 Å². The van der Waals surface area contributed by atoms with Gasteiger partial charge in [-0.15, -0.1) is 0 Å². The number of halogens is 1. The van der Waals surface area contributed by atoms with Crippen molar-refractivity contribution in [3.05, 3.63) is 74.1 Å². The first-order chi connectivity index (χ1) is 12.7. The summed E-state index contributed by atoms with van der Waals surface area (Å²) < 4.78 is 5.85. The van der Waals surface area contributed by atoms with Gasteiger partial charge in [0.15, 0.2) is 0 Å². The molecule has 0 unspecified atom stereocenters. The van der Waals surface area contributed by atoms with E-state index >= 15 is 0 Å². The first-order valence-electron chi connectivity index (χ1n) is 9.31. The quantitative estimate of drug-likeness (QED) is 0.615. The van der Waals surface area contributed by atoms with E-state index in [9.17, 15) is 4.79 Å². The van der Waals surface area contributed by atoms with Crippen LogP contribution in [0.1, 0.15) is 35.1 Å². The molecule has 4 heteroatoms. The average molecular weight is 366 g/mol. The highest BCUT2D eigenvalue weighted by Crippen LogP contribution is 2.41. The van der Waals surface area contributed by atoms with Crippen LogP contribution in [0.3, 0.4) is 0 Å². The van der Waals surface area contributed by atoms with Crippen LogP contribution in [0.4, 0.5) is 5.69 Å². The summed E-state index contributed by atoms with van der Waals surface area (Å²) in [5.74, 6) is 0. The Kier molecular flexibility index (Phi) is 3.79. The van der Waals surface area contributed by atoms with Gasteiger partial charge in [0.1, 0.15) is 5.58 Å². The summed E-state index contributed by atoms with van der Waals surface area (Å²) in [7, 11) is 0. The molecule has 0 spiro atoms. The molecular formula is C22H20ClNO2. The second-order valence-electron chi connectivity index (χ2n) is 7.28. The van der Waals surface area contributed by atoms with Gasteiger partial charge < -0.3 is 9.32 Å². The maximum atomic E-state index is 12.7. The fourth-order valence-corrected chi connectivity index (χ4v) is 4.75. The van der Waals surface area contributed by atoms with E-state index in [-0.39, 0.29) is 5.63 Å². The van der Waals surface area contributed by atoms with Crippen molar-refractivity contribution in [2.45, 2.75) is 32.1 Å². The first-order valence-corrected chi connectivity index (χ1v) is 9.69. The number of nitrogens with zero attached hydrogens (tertiary/aromatic N) is 1. The Balaban J connectivity index is 1.74. The van der Waals surface area contributed by atoms with Crippen LogP contribution in [0, 0.1) is 0 Å². The molecule has 0 fully saturated rings. The van der Waals surface area contributed by atoms with Gasteiger partial charge in [-0.1, -0.05) is 41.9 Å². The molecular weight excluding hydrogens is 346 g/mol. The van der Waals surface area contributed by atoms with Gasteiger partial charge in [-0.25, -0.2) is 4.79 Å². The van der Waals surface area contributed by atoms with Crippen molar-refractivity contribution in [1.29, 1.82) is 0 Å². The minimum atomic E-state index is -0.310. The van der Waals surface area contributed by atoms with E-state index in [0.29, 0.717) is 22.6 Å². The van der Waals surface area contributed by atoms with Crippen molar-refractivity contribution >= 4 is 28.3 Å². The Bertz CT molecular complexity index is 1050. The number of aryl methyl sites for hydroxylation is 2. The largest absolute Gasteiger partial charge is 0.422 e. The molecule has 2 aliphatic rings. The van der Waals surface area contributed by atoms with Gasteiger partial charge in [0, 0.05) is 36.1 Å². The number of anilines is 1. The zero-order chi connectivity index (χ0) is 17.7. The topological polar surface area (TPSA) is 33.5 Å². The van der Waals surface area contributed by atoms with Gasteiger partial charge >= 0.3 is 5.63 Å². The number of hydrogen-bond acceptors (Lipinski definition) is 3. The molecule has 3 heterocycles. The van der Waals surface area contributed by atoms with E-state index in [1.54, 1.807) is 0 Å². The lowest BCUT2D eigenvalue weighted by atomic mass is 9.89. The van der Waals surface area contributed by atoms with Crippen LogP contribution in [-0.4, -0.2) is 13.1 Å². The van der Waals surface area contributed by atoms with E-state index in [0.717, 1.165) is 43.3 Å². The summed E-state index contributed by atoms with van der Waals surface area (Å²) in [4.78, 5) is 15.2. The molecule has 3 nitrogen and oxygen atoms in total. The van der Waals surface area contributed by atoms with Gasteiger partial charge in [0.2, 0.25) is 0 Å². The van der Waals surface area contributed by atoms with Crippen LogP contribution in [-0.2, 0) is 19.3 Å². The molecule has 26 heavy (non-hydrogen) atoms. The van der Waals surface area contributed by atoms with Crippen LogP contribution in [0.15, 0.2) is 45.6 Å². The molecule has 2 aromatic carbocycles. The molecule has 2 aliphatic heterocycles. The Hall–Kier alpha value is -2.26. The molecule has 0 bridgehead atoms. The monoisotopic (exact) mass is 365 g/mol. The highest BCUT2D eigenvalue weighted by atomic mass is 35.5. The minimum Gasteiger partial charge on any atom is -0.422 e. The van der Waals surface area contributed by atoms with E-state index in [1.165, 1.54) is 23.2 Å². The zero-order valence-electron chi connectivity index (χ0n) is 14.6. The molecule has 0 atom stereocenters. The maximum absolute atomic E-state index is 12.7. The summed E-state index contributed by atoms with van der Waals surface area (Å²) in [5, 5.41) is 1.46. The molecule has 5 rings (SSSR count). The van der Waals surface area contributed by atoms with Crippen molar-refractivity contribution in [1.82, 2.24) is 0 Å². The van der Waals surface area contributed by atoms with Crippen LogP contribution in [0.5, 0.6) is 0 Å². The standard InChI is InChI=1S/C22H20ClNO2/c23-19-17-13-15-8-4-10-24-11-5-9-16(20(15)24)21(17)26-22(25)18(19)12-14-6-2-1-3-7-14/h1-3,6-7,13H,4-5,8-12H2. The lowest BCUT2D eigenvalue weighted by molar-refractivity contribution is 0.542. The van der Waals surface area contributed by atoms with Gasteiger partial charge in [0.25, 0.3) is 0 Å². The molecule has 0 radical (unpaired) electrons. The summed E-state index contributed by atoms with van der Waals surface area (Å²) in [6.45, 7) is 2.19. The number of fused-ring (bicyclic) bond motifs is 2. The lowest BCUT2D eigenvalue weighted by Gasteiger charge is -2.37. The summed E-state index contributed by atoms with van der Waals surface area (Å²) >= 11 is 6.75. The summed E-state index contributed by atoms with van der Waals surface area (Å²) in [5.41, 5.74) is 5.82. The molecule has 0 N–H and O–H groups in total. The SMILES string of the molecule is O=c1oc2c3c4c(cc2c(Cl)c1Cc1ccccc1)CCCN4CCC3. The van der Waals surface area contributed by atoms with Gasteiger partial charge in [-0.05, 0) is 42.9 Å². The Labute approximate surface area is 157 Å². The smallest absolute Gasteiger partial charge is 0.341 e. The normalized spacial score (nSPS) is 16.0. The Morgan fingerprint density at radius 1 is 1.08 bits per heavy atom. The molecule has 132 valence electrons. The number of hydrogen-bond donors (Lipinski definition) is 0. The Morgan fingerprint density at radius 2 is 1.85 bits per heavy atom. The van der Waals surface area contributed by atoms with E-state index in [1.807, 2.05) is 30.3 Å². The first kappa shape index (κ1) is 16.0. The summed E-state index contributed by atoms with van der Waals surface area (Å²) in [6, 6.07) is 12.1. The minimum absolute atomic E-state index is 0.310. The predicted octanol–water partition coefficient (Wildman–Crippen LogP) is 4.74. The molecule has 0 aliphatic carbocycles. The van der Waals surface area contributed by atoms with Gasteiger partial charge in [-0.2, -0.15) is 0 Å². The molecule has 1 aromatic heterocycles. The van der Waals surface area contributed by atoms with Crippen LogP contribution >= 0.6 is 11.6 Å². The Morgan fingerprint density at radius 3 is 2.65 bits per heavy atom. The van der Waals surface area contributed by atoms with Crippen molar-refractivity contribution in [3.63, 3.8) is 0 Å². The van der Waals surface area contributed by atoms with Gasteiger partial charge in [0.05, 0.1) is 10.6 Å². The number of rotatable bonds is 2. The highest BCUT2D eigenvalue weighted by molar-refractivity contribution is 6.36. The van der Waals surface area contributed by atoms with E-state index in [4.69, 9.17) is 16.0 Å². The molecule has 0 saturated carbocycles. The summed E-state index contributed by atoms with van der Waals surface area (Å²) in [6.07, 6.45) is 4.78. The fraction of sp³-hybridized carbons (Fsp3) is 0.318. The average Bonchev–Trinajstić information content (AvgIpc) is 2.67. The lowest BCUT2D eigenvalue weighted by Crippen LogP contribution is -2.34. The second-order valence-corrected chi connectivity index (χ2v) is 7.66. The second kappa shape index (κ2) is 6.17. The van der Waals surface area contributed by atoms with E-state index in [2.05, 4.69) is 11.0 Å². The fourth-order valence-electron chi connectivity index (χ4n) is 4.47. The maximum Gasteiger partial charge on any atom is 0.341 e. The zero-order valence-corrected chi connectivity index (χ0v) is 15.3. The van der Waals surface area contributed by atoms with Crippen LogP contribution in [0.25, 0.3) is 11.0 Å². The molecule has 3 aromatic rings. The number of benzene rings is 2. The van der Waals surface area contributed by atoms with E-state index < -0.39 is 0 Å². The van der Waals surface area contributed by atoms with Crippen molar-refractivity contribution < 1.29 is 4.42 Å². The van der Waals surface area contributed by atoms with Crippen molar-refractivity contribution in [2.24, 2.45) is 0 Å². The molecule has 0 amide bonds. The van der Waals surface area contributed by atoms with Crippen molar-refractivity contribution in [2.75, 3.05) is 18.0 Å². The van der Waals surface area contributed by atoms with Gasteiger partial charge in [-0.3, -0.25) is 0 Å². The third kappa shape index (κ3) is 2.45. The third-order valence-electron chi connectivity index (χ3n) is 5.64. The van der Waals surface area contributed by atoms with Crippen LogP contribution < -0.4 is 10.5 Å². The molecule has 0 saturated heterocycles.